The van der Waals surface area contributed by atoms with Crippen molar-refractivity contribution in [2.75, 3.05) is 19.6 Å². The van der Waals surface area contributed by atoms with Gasteiger partial charge in [0, 0.05) is 11.6 Å². The molecule has 1 aliphatic heterocycles. The standard InChI is InChI=1S/C14H20N2O2/c1-3-15-8-6-12(7-9-15)13-4-5-14(16(17)18)11(2)10-13/h4-5,10,12H,3,6-9H2,1-2H3. The molecule has 0 bridgehead atoms. The average molecular weight is 248 g/mol. The third kappa shape index (κ3) is 2.70. The van der Waals surface area contributed by atoms with Crippen LogP contribution in [0.1, 0.15) is 36.8 Å². The van der Waals surface area contributed by atoms with Crippen molar-refractivity contribution in [2.45, 2.75) is 32.6 Å². The zero-order valence-corrected chi connectivity index (χ0v) is 11.1. The minimum atomic E-state index is -0.307. The van der Waals surface area contributed by atoms with E-state index in [4.69, 9.17) is 0 Å². The summed E-state index contributed by atoms with van der Waals surface area (Å²) in [5, 5.41) is 10.8. The number of nitrogens with zero attached hydrogens (tertiary/aromatic N) is 2. The molecule has 1 heterocycles. The fraction of sp³-hybridized carbons (Fsp3) is 0.571. The first-order valence-corrected chi connectivity index (χ1v) is 6.59. The summed E-state index contributed by atoms with van der Waals surface area (Å²) in [5.41, 5.74) is 2.26. The van der Waals surface area contributed by atoms with E-state index in [1.807, 2.05) is 19.1 Å². The van der Waals surface area contributed by atoms with Crippen LogP contribution in [-0.4, -0.2) is 29.5 Å². The number of likely N-dealkylation sites (tertiary alicyclic amines) is 1. The second-order valence-electron chi connectivity index (χ2n) is 5.01. The molecule has 2 rings (SSSR count). The number of hydrogen-bond donors (Lipinski definition) is 0. The van der Waals surface area contributed by atoms with Gasteiger partial charge in [-0.05, 0) is 56.9 Å². The summed E-state index contributed by atoms with van der Waals surface area (Å²) in [6, 6.07) is 5.57. The molecule has 0 radical (unpaired) electrons. The molecule has 0 amide bonds. The lowest BCUT2D eigenvalue weighted by Crippen LogP contribution is -2.32. The van der Waals surface area contributed by atoms with Crippen molar-refractivity contribution >= 4 is 5.69 Å². The van der Waals surface area contributed by atoms with Crippen LogP contribution in [0.3, 0.4) is 0 Å². The van der Waals surface area contributed by atoms with Gasteiger partial charge in [-0.25, -0.2) is 0 Å². The molecule has 0 saturated carbocycles. The summed E-state index contributed by atoms with van der Waals surface area (Å²) in [6.45, 7) is 7.40. The third-order valence-corrected chi connectivity index (χ3v) is 3.92. The molecule has 0 atom stereocenters. The summed E-state index contributed by atoms with van der Waals surface area (Å²) >= 11 is 0. The number of nitro benzene ring substituents is 1. The number of hydrogen-bond acceptors (Lipinski definition) is 3. The maximum atomic E-state index is 10.8. The van der Waals surface area contributed by atoms with E-state index in [-0.39, 0.29) is 10.6 Å². The van der Waals surface area contributed by atoms with Crippen molar-refractivity contribution in [1.82, 2.24) is 4.90 Å². The molecule has 0 unspecified atom stereocenters. The van der Waals surface area contributed by atoms with Crippen LogP contribution < -0.4 is 0 Å². The Labute approximate surface area is 108 Å². The number of nitro groups is 1. The van der Waals surface area contributed by atoms with Crippen LogP contribution in [0.4, 0.5) is 5.69 Å². The minimum absolute atomic E-state index is 0.227. The van der Waals surface area contributed by atoms with Crippen LogP contribution in [0, 0.1) is 17.0 Å². The van der Waals surface area contributed by atoms with Crippen molar-refractivity contribution in [3.05, 3.63) is 39.4 Å². The first kappa shape index (κ1) is 13.0. The van der Waals surface area contributed by atoms with Crippen molar-refractivity contribution in [3.63, 3.8) is 0 Å². The van der Waals surface area contributed by atoms with Gasteiger partial charge in [0.05, 0.1) is 4.92 Å². The predicted molar refractivity (Wildman–Crippen MR) is 71.9 cm³/mol. The van der Waals surface area contributed by atoms with Gasteiger partial charge in [-0.3, -0.25) is 10.1 Å². The van der Waals surface area contributed by atoms with Crippen LogP contribution in [0.5, 0.6) is 0 Å². The molecule has 1 aromatic carbocycles. The normalized spacial score (nSPS) is 17.9. The van der Waals surface area contributed by atoms with Crippen molar-refractivity contribution in [2.24, 2.45) is 0 Å². The van der Waals surface area contributed by atoms with Gasteiger partial charge in [0.1, 0.15) is 0 Å². The maximum absolute atomic E-state index is 10.8. The zero-order valence-electron chi connectivity index (χ0n) is 11.1. The summed E-state index contributed by atoms with van der Waals surface area (Å²) in [7, 11) is 0. The number of piperidine rings is 1. The highest BCUT2D eigenvalue weighted by Crippen LogP contribution is 2.30. The Balaban J connectivity index is 2.11. The number of rotatable bonds is 3. The van der Waals surface area contributed by atoms with Crippen molar-refractivity contribution < 1.29 is 4.92 Å². The number of benzene rings is 1. The van der Waals surface area contributed by atoms with Crippen molar-refractivity contribution in [3.8, 4) is 0 Å². The first-order valence-electron chi connectivity index (χ1n) is 6.59. The SMILES string of the molecule is CCN1CCC(c2ccc([N+](=O)[O-])c(C)c2)CC1. The average Bonchev–Trinajstić information content (AvgIpc) is 2.38. The highest BCUT2D eigenvalue weighted by Gasteiger charge is 2.21. The molecule has 0 spiro atoms. The Morgan fingerprint density at radius 1 is 1.39 bits per heavy atom. The highest BCUT2D eigenvalue weighted by atomic mass is 16.6. The van der Waals surface area contributed by atoms with Gasteiger partial charge in [-0.15, -0.1) is 0 Å². The van der Waals surface area contributed by atoms with E-state index < -0.39 is 0 Å². The van der Waals surface area contributed by atoms with Gasteiger partial charge in [0.25, 0.3) is 5.69 Å². The summed E-state index contributed by atoms with van der Waals surface area (Å²) in [4.78, 5) is 12.9. The molecule has 0 N–H and O–H groups in total. The smallest absolute Gasteiger partial charge is 0.272 e. The Hall–Kier alpha value is -1.42. The fourth-order valence-corrected chi connectivity index (χ4v) is 2.72. The van der Waals surface area contributed by atoms with Crippen molar-refractivity contribution in [1.29, 1.82) is 0 Å². The molecule has 1 aliphatic rings. The van der Waals surface area contributed by atoms with Gasteiger partial charge >= 0.3 is 0 Å². The van der Waals surface area contributed by atoms with Crippen LogP contribution in [0.15, 0.2) is 18.2 Å². The molecule has 1 saturated heterocycles. The van der Waals surface area contributed by atoms with Gasteiger partial charge in [-0.2, -0.15) is 0 Å². The zero-order chi connectivity index (χ0) is 13.1. The molecule has 0 aromatic heterocycles. The Morgan fingerprint density at radius 2 is 2.06 bits per heavy atom. The van der Waals surface area contributed by atoms with E-state index in [0.29, 0.717) is 5.92 Å². The molecular weight excluding hydrogens is 228 g/mol. The molecule has 1 fully saturated rings. The molecule has 1 aromatic rings. The monoisotopic (exact) mass is 248 g/mol. The fourth-order valence-electron chi connectivity index (χ4n) is 2.72. The minimum Gasteiger partial charge on any atom is -0.304 e. The van der Waals surface area contributed by atoms with Gasteiger partial charge in [0.2, 0.25) is 0 Å². The van der Waals surface area contributed by atoms with E-state index in [1.54, 1.807) is 6.07 Å². The second kappa shape index (κ2) is 5.48. The Kier molecular flexibility index (Phi) is 3.97. The maximum Gasteiger partial charge on any atom is 0.272 e. The lowest BCUT2D eigenvalue weighted by Gasteiger charge is -2.31. The van der Waals surface area contributed by atoms with Crippen LogP contribution >= 0.6 is 0 Å². The van der Waals surface area contributed by atoms with E-state index in [0.717, 1.165) is 38.0 Å². The molecular formula is C14H20N2O2. The van der Waals surface area contributed by atoms with Crippen LogP contribution in [0.2, 0.25) is 0 Å². The summed E-state index contributed by atoms with van der Waals surface area (Å²) < 4.78 is 0. The molecule has 0 aliphatic carbocycles. The van der Waals surface area contributed by atoms with E-state index >= 15 is 0 Å². The lowest BCUT2D eigenvalue weighted by atomic mass is 9.88. The summed E-state index contributed by atoms with van der Waals surface area (Å²) in [5.74, 6) is 0.562. The molecule has 4 nitrogen and oxygen atoms in total. The van der Waals surface area contributed by atoms with Gasteiger partial charge in [-0.1, -0.05) is 13.0 Å². The Bertz CT molecular complexity index is 437. The quantitative estimate of drug-likeness (QED) is 0.610. The van der Waals surface area contributed by atoms with E-state index in [9.17, 15) is 10.1 Å². The largest absolute Gasteiger partial charge is 0.304 e. The van der Waals surface area contributed by atoms with Gasteiger partial charge in [0.15, 0.2) is 0 Å². The molecule has 98 valence electrons. The second-order valence-corrected chi connectivity index (χ2v) is 5.01. The third-order valence-electron chi connectivity index (χ3n) is 3.92. The molecule has 18 heavy (non-hydrogen) atoms. The number of aryl methyl sites for hydroxylation is 1. The van der Waals surface area contributed by atoms with E-state index in [1.165, 1.54) is 5.56 Å². The molecule has 4 heteroatoms. The van der Waals surface area contributed by atoms with Crippen LogP contribution in [0.25, 0.3) is 0 Å². The highest BCUT2D eigenvalue weighted by molar-refractivity contribution is 5.42. The lowest BCUT2D eigenvalue weighted by molar-refractivity contribution is -0.385. The Morgan fingerprint density at radius 3 is 2.56 bits per heavy atom. The first-order chi connectivity index (χ1) is 8.61. The topological polar surface area (TPSA) is 46.4 Å². The predicted octanol–water partition coefficient (Wildman–Crippen LogP) is 3.10. The summed E-state index contributed by atoms with van der Waals surface area (Å²) in [6.07, 6.45) is 2.32. The van der Waals surface area contributed by atoms with Crippen LogP contribution in [-0.2, 0) is 0 Å². The van der Waals surface area contributed by atoms with E-state index in [2.05, 4.69) is 11.8 Å². The van der Waals surface area contributed by atoms with Gasteiger partial charge < -0.3 is 4.90 Å².